The second kappa shape index (κ2) is 9.58. The molecule has 5 atom stereocenters. The molecule has 3 aromatic carbocycles. The van der Waals surface area contributed by atoms with Crippen LogP contribution in [-0.2, 0) is 14.2 Å². The summed E-state index contributed by atoms with van der Waals surface area (Å²) in [5.41, 5.74) is -8.73. The zero-order chi connectivity index (χ0) is 33.0. The Bertz CT molecular complexity index is 1880. The summed E-state index contributed by atoms with van der Waals surface area (Å²) in [6.45, 7) is -1.26. The third kappa shape index (κ3) is 3.70. The standard InChI is InChI=1S/C27H20O18/c28-2-5-14(31)23-24-20(37)12-11(27(42)45-24)9(18(35)22(39)19(12)36)8-10(26(41)44-23)7(16(33)21(38)17(8)34)6-3(25(40)43-5)1-4(29)13(30)15(6)32/h1,5,14,20,23-24,28-39H,2H2/t5-,14+,20-,23+,24+/m0/s1. The molecule has 18 heteroatoms. The lowest BCUT2D eigenvalue weighted by Gasteiger charge is -2.39. The number of carbonyl (C=O) groups is 3. The highest BCUT2D eigenvalue weighted by Crippen LogP contribution is 2.61. The van der Waals surface area contributed by atoms with E-state index >= 15 is 0 Å². The highest BCUT2D eigenvalue weighted by Gasteiger charge is 2.53. The van der Waals surface area contributed by atoms with Gasteiger partial charge in [0.15, 0.2) is 52.8 Å². The summed E-state index contributed by atoms with van der Waals surface area (Å²) in [5, 5.41) is 129. The maximum absolute atomic E-state index is 14.0. The van der Waals surface area contributed by atoms with Gasteiger partial charge in [0, 0.05) is 27.8 Å². The van der Waals surface area contributed by atoms with E-state index in [0.717, 1.165) is 0 Å². The number of aliphatic hydroxyl groups excluding tert-OH is 3. The van der Waals surface area contributed by atoms with Gasteiger partial charge in [-0.25, -0.2) is 14.4 Å². The van der Waals surface area contributed by atoms with Gasteiger partial charge in [0.2, 0.25) is 17.2 Å². The van der Waals surface area contributed by atoms with E-state index in [0.29, 0.717) is 6.07 Å². The quantitative estimate of drug-likeness (QED) is 0.0902. The van der Waals surface area contributed by atoms with Gasteiger partial charge in [0.25, 0.3) is 0 Å². The maximum Gasteiger partial charge on any atom is 0.340 e. The molecule has 0 spiro atoms. The molecule has 0 radical (unpaired) electrons. The summed E-state index contributed by atoms with van der Waals surface area (Å²) in [7, 11) is 0. The molecule has 0 aromatic heterocycles. The second-order valence-electron chi connectivity index (χ2n) is 10.2. The fraction of sp³-hybridized carbons (Fsp3) is 0.222. The molecule has 6 bridgehead atoms. The third-order valence-corrected chi connectivity index (χ3v) is 7.84. The van der Waals surface area contributed by atoms with Gasteiger partial charge >= 0.3 is 17.9 Å². The van der Waals surface area contributed by atoms with Crippen molar-refractivity contribution in [1.29, 1.82) is 0 Å². The fourth-order valence-electron chi connectivity index (χ4n) is 5.73. The molecule has 0 fully saturated rings. The average Bonchev–Trinajstić information content (AvgIpc) is 3.01. The number of fused-ring (bicyclic) bond motifs is 3. The number of ether oxygens (including phenoxy) is 3. The number of esters is 3. The average molecular weight is 632 g/mol. The van der Waals surface area contributed by atoms with Gasteiger partial charge in [-0.05, 0) is 6.07 Å². The molecule has 0 saturated heterocycles. The van der Waals surface area contributed by atoms with Crippen LogP contribution in [0.25, 0.3) is 22.3 Å². The van der Waals surface area contributed by atoms with Gasteiger partial charge in [-0.1, -0.05) is 0 Å². The van der Waals surface area contributed by atoms with E-state index in [-0.39, 0.29) is 0 Å². The van der Waals surface area contributed by atoms with Crippen LogP contribution in [0.15, 0.2) is 6.07 Å². The Kier molecular flexibility index (Phi) is 6.22. The number of hydrogen-bond donors (Lipinski definition) is 12. The smallest absolute Gasteiger partial charge is 0.340 e. The van der Waals surface area contributed by atoms with Gasteiger partial charge in [0.05, 0.1) is 23.3 Å². The van der Waals surface area contributed by atoms with Crippen molar-refractivity contribution in [3.8, 4) is 74.0 Å². The Morgan fingerprint density at radius 1 is 0.533 bits per heavy atom. The lowest BCUT2D eigenvalue weighted by Crippen LogP contribution is -2.54. The van der Waals surface area contributed by atoms with E-state index in [1.165, 1.54) is 0 Å². The van der Waals surface area contributed by atoms with Crippen LogP contribution in [0.4, 0.5) is 0 Å². The summed E-state index contributed by atoms with van der Waals surface area (Å²) in [6.07, 6.45) is -11.4. The number of rotatable bonds is 1. The van der Waals surface area contributed by atoms with E-state index in [1.807, 2.05) is 0 Å². The Labute approximate surface area is 247 Å². The van der Waals surface area contributed by atoms with E-state index in [1.54, 1.807) is 0 Å². The normalized spacial score (nSPS) is 23.4. The molecule has 45 heavy (non-hydrogen) atoms. The largest absolute Gasteiger partial charge is 0.504 e. The second-order valence-corrected chi connectivity index (χ2v) is 10.2. The number of phenols is 9. The predicted molar refractivity (Wildman–Crippen MR) is 138 cm³/mol. The number of hydrogen-bond acceptors (Lipinski definition) is 18. The first-order valence-electron chi connectivity index (χ1n) is 12.6. The van der Waals surface area contributed by atoms with Crippen LogP contribution in [0.1, 0.15) is 42.7 Å². The summed E-state index contributed by atoms with van der Waals surface area (Å²) in [4.78, 5) is 40.9. The molecular weight excluding hydrogens is 612 g/mol. The summed E-state index contributed by atoms with van der Waals surface area (Å²) >= 11 is 0. The van der Waals surface area contributed by atoms with Crippen LogP contribution >= 0.6 is 0 Å². The monoisotopic (exact) mass is 632 g/mol. The Morgan fingerprint density at radius 3 is 1.62 bits per heavy atom. The van der Waals surface area contributed by atoms with Gasteiger partial charge in [-0.15, -0.1) is 0 Å². The zero-order valence-corrected chi connectivity index (χ0v) is 22.0. The van der Waals surface area contributed by atoms with Crippen LogP contribution in [0.2, 0.25) is 0 Å². The van der Waals surface area contributed by atoms with E-state index < -0.39 is 151 Å². The van der Waals surface area contributed by atoms with Crippen molar-refractivity contribution < 1.29 is 89.9 Å². The number of benzene rings is 3. The Balaban J connectivity index is 1.94. The summed E-state index contributed by atoms with van der Waals surface area (Å²) < 4.78 is 15.7. The van der Waals surface area contributed by atoms with Crippen LogP contribution in [0.3, 0.4) is 0 Å². The van der Waals surface area contributed by atoms with Gasteiger partial charge in [0.1, 0.15) is 12.2 Å². The molecular formula is C27H20O18. The Hall–Kier alpha value is -5.85. The number of cyclic esters (lactones) is 1. The highest BCUT2D eigenvalue weighted by atomic mass is 16.6. The van der Waals surface area contributed by atoms with Crippen molar-refractivity contribution in [1.82, 2.24) is 0 Å². The lowest BCUT2D eigenvalue weighted by atomic mass is 9.80. The first-order valence-corrected chi connectivity index (χ1v) is 12.6. The first kappa shape index (κ1) is 29.2. The van der Waals surface area contributed by atoms with Crippen molar-refractivity contribution in [3.05, 3.63) is 28.3 Å². The van der Waals surface area contributed by atoms with Gasteiger partial charge < -0.3 is 75.5 Å². The van der Waals surface area contributed by atoms with Crippen LogP contribution in [0, 0.1) is 0 Å². The van der Waals surface area contributed by atoms with Crippen molar-refractivity contribution in [3.63, 3.8) is 0 Å². The summed E-state index contributed by atoms with van der Waals surface area (Å²) in [5.74, 6) is -17.7. The number of aromatic hydroxyl groups is 9. The molecule has 236 valence electrons. The molecule has 7 rings (SSSR count). The van der Waals surface area contributed by atoms with E-state index in [4.69, 9.17) is 14.2 Å². The highest BCUT2D eigenvalue weighted by molar-refractivity contribution is 6.16. The van der Waals surface area contributed by atoms with E-state index in [2.05, 4.69) is 0 Å². The number of aliphatic hydroxyl groups is 3. The van der Waals surface area contributed by atoms with E-state index in [9.17, 15) is 75.7 Å². The Morgan fingerprint density at radius 2 is 1.02 bits per heavy atom. The number of phenolic OH excluding ortho intramolecular Hbond substituents is 9. The van der Waals surface area contributed by atoms with Gasteiger partial charge in [-0.3, -0.25) is 0 Å². The minimum absolute atomic E-state index is 0.462. The summed E-state index contributed by atoms with van der Waals surface area (Å²) in [6, 6.07) is 0.462. The molecule has 0 amide bonds. The maximum atomic E-state index is 14.0. The predicted octanol–water partition coefficient (Wildman–Crippen LogP) is -0.625. The molecule has 4 aliphatic rings. The van der Waals surface area contributed by atoms with Crippen LogP contribution in [-0.4, -0.2) is 110 Å². The zero-order valence-electron chi connectivity index (χ0n) is 22.0. The first-order chi connectivity index (χ1) is 21.1. The minimum Gasteiger partial charge on any atom is -0.504 e. The molecule has 4 heterocycles. The topological polar surface area (TPSA) is 322 Å². The SMILES string of the molecule is O=C1O[C@@H](CO)[C@@H](O)[C@H]2OC(=O)c3c(c(O)c(O)c(O)c3-c3c(O)c(O)c(O)c4c3C(=O)O[C@@H]2[C@H]4O)-c2c1cc(O)c(O)c2O. The molecule has 0 unspecified atom stereocenters. The van der Waals surface area contributed by atoms with Gasteiger partial charge in [-0.2, -0.15) is 0 Å². The van der Waals surface area contributed by atoms with Crippen molar-refractivity contribution >= 4 is 17.9 Å². The van der Waals surface area contributed by atoms with Crippen molar-refractivity contribution in [2.24, 2.45) is 0 Å². The number of carbonyl (C=O) groups excluding carboxylic acids is 3. The minimum atomic E-state index is -2.41. The van der Waals surface area contributed by atoms with Crippen molar-refractivity contribution in [2.75, 3.05) is 6.61 Å². The van der Waals surface area contributed by atoms with Crippen molar-refractivity contribution in [2.45, 2.75) is 30.5 Å². The van der Waals surface area contributed by atoms with Crippen LogP contribution < -0.4 is 0 Å². The molecule has 3 aromatic rings. The van der Waals surface area contributed by atoms with Crippen LogP contribution in [0.5, 0.6) is 51.7 Å². The molecule has 0 saturated carbocycles. The third-order valence-electron chi connectivity index (χ3n) is 7.84. The fourth-order valence-corrected chi connectivity index (χ4v) is 5.73. The molecule has 0 aliphatic carbocycles. The molecule has 18 nitrogen and oxygen atoms in total. The molecule has 12 N–H and O–H groups in total. The molecule has 4 aliphatic heterocycles. The lowest BCUT2D eigenvalue weighted by molar-refractivity contribution is -0.152.